The van der Waals surface area contributed by atoms with E-state index in [1.807, 2.05) is 7.11 Å². The number of aliphatic hydroxyl groups is 1. The number of methoxy groups -OCH3 is 1. The van der Waals surface area contributed by atoms with Gasteiger partial charge in [-0.1, -0.05) is 25.5 Å². The Morgan fingerprint density at radius 2 is 2.00 bits per heavy atom. The largest absolute Gasteiger partial charge is 0.392 e. The van der Waals surface area contributed by atoms with Crippen LogP contribution in [0.5, 0.6) is 0 Å². The molecule has 134 valence electrons. The number of aliphatic hydroxyl groups excluding tert-OH is 1. The zero-order valence-electron chi connectivity index (χ0n) is 15.7. The lowest BCUT2D eigenvalue weighted by molar-refractivity contribution is -0.152. The van der Waals surface area contributed by atoms with E-state index in [0.717, 1.165) is 23.7 Å². The van der Waals surface area contributed by atoms with Gasteiger partial charge in [0.1, 0.15) is 0 Å². The van der Waals surface area contributed by atoms with Crippen molar-refractivity contribution < 1.29 is 9.84 Å². The van der Waals surface area contributed by atoms with Crippen LogP contribution in [0.3, 0.4) is 0 Å². The summed E-state index contributed by atoms with van der Waals surface area (Å²) in [6.45, 7) is 5.37. The third-order valence-corrected chi connectivity index (χ3v) is 10.0. The highest BCUT2D eigenvalue weighted by Gasteiger charge is 2.77. The van der Waals surface area contributed by atoms with Gasteiger partial charge in [-0.15, -0.1) is 0 Å². The number of hydrogen-bond donors (Lipinski definition) is 1. The summed E-state index contributed by atoms with van der Waals surface area (Å²) >= 11 is 0. The fraction of sp³-hybridized carbons (Fsp3) is 0.909. The molecule has 0 unspecified atom stereocenters. The summed E-state index contributed by atoms with van der Waals surface area (Å²) in [7, 11) is 1.97. The smallest absolute Gasteiger partial charge is 0.0638 e. The minimum Gasteiger partial charge on any atom is -0.392 e. The highest BCUT2D eigenvalue weighted by Crippen LogP contribution is 2.82. The van der Waals surface area contributed by atoms with Crippen LogP contribution in [0.2, 0.25) is 0 Å². The van der Waals surface area contributed by atoms with Crippen molar-refractivity contribution in [1.82, 2.24) is 0 Å². The Hall–Kier alpha value is -0.340. The molecule has 0 aliphatic heterocycles. The summed E-state index contributed by atoms with van der Waals surface area (Å²) < 4.78 is 6.17. The van der Waals surface area contributed by atoms with E-state index in [4.69, 9.17) is 4.74 Å². The first-order valence-corrected chi connectivity index (χ1v) is 10.3. The maximum absolute atomic E-state index is 9.45. The standard InChI is InChI=1S/C22H34O2/c1-20-9-7-18-16(17(20)5-4-14(20)8-11-23)12-19(24-3)22-13-15(22)6-10-21(18,22)2/h8,15-19,23H,4-7,9-13H2,1-3H3/b14-8-/t15-,16+,17+,18+,19-,20-,21-,22+/m1/s1. The summed E-state index contributed by atoms with van der Waals surface area (Å²) in [5.41, 5.74) is 2.99. The van der Waals surface area contributed by atoms with E-state index in [0.29, 0.717) is 22.3 Å². The molecule has 2 nitrogen and oxygen atoms in total. The zero-order chi connectivity index (χ0) is 16.7. The molecule has 1 N–H and O–H groups in total. The van der Waals surface area contributed by atoms with E-state index in [1.165, 1.54) is 51.4 Å². The van der Waals surface area contributed by atoms with Crippen molar-refractivity contribution in [2.75, 3.05) is 13.7 Å². The lowest BCUT2D eigenvalue weighted by atomic mass is 9.46. The number of ether oxygens (including phenoxy) is 1. The second-order valence-electron chi connectivity index (χ2n) is 10.1. The van der Waals surface area contributed by atoms with Gasteiger partial charge in [-0.05, 0) is 85.9 Å². The van der Waals surface area contributed by atoms with Crippen LogP contribution in [-0.2, 0) is 4.74 Å². The van der Waals surface area contributed by atoms with Crippen LogP contribution in [0.4, 0.5) is 0 Å². The third kappa shape index (κ3) is 1.62. The van der Waals surface area contributed by atoms with E-state index in [-0.39, 0.29) is 6.61 Å². The second-order valence-corrected chi connectivity index (χ2v) is 10.1. The Morgan fingerprint density at radius 1 is 1.17 bits per heavy atom. The molecule has 5 saturated carbocycles. The quantitative estimate of drug-likeness (QED) is 0.751. The van der Waals surface area contributed by atoms with Gasteiger partial charge in [-0.2, -0.15) is 0 Å². The van der Waals surface area contributed by atoms with Crippen molar-refractivity contribution in [1.29, 1.82) is 0 Å². The summed E-state index contributed by atoms with van der Waals surface area (Å²) in [5, 5.41) is 9.45. The molecular weight excluding hydrogens is 296 g/mol. The molecular formula is C22H34O2. The van der Waals surface area contributed by atoms with Crippen LogP contribution in [0.1, 0.15) is 65.2 Å². The number of allylic oxidation sites excluding steroid dienone is 1. The van der Waals surface area contributed by atoms with E-state index in [9.17, 15) is 5.11 Å². The minimum absolute atomic E-state index is 0.217. The molecule has 5 rings (SSSR count). The first kappa shape index (κ1) is 15.9. The Balaban J connectivity index is 1.53. The average Bonchev–Trinajstić information content (AvgIpc) is 3.10. The lowest BCUT2D eigenvalue weighted by Gasteiger charge is -2.60. The van der Waals surface area contributed by atoms with Crippen LogP contribution in [0.15, 0.2) is 11.6 Å². The summed E-state index contributed by atoms with van der Waals surface area (Å²) in [6, 6.07) is 0. The molecule has 8 atom stereocenters. The van der Waals surface area contributed by atoms with Crippen LogP contribution >= 0.6 is 0 Å². The van der Waals surface area contributed by atoms with E-state index in [2.05, 4.69) is 19.9 Å². The Bertz CT molecular complexity index is 583. The van der Waals surface area contributed by atoms with Gasteiger partial charge in [-0.25, -0.2) is 0 Å². The topological polar surface area (TPSA) is 29.5 Å². The molecule has 0 amide bonds. The summed E-state index contributed by atoms with van der Waals surface area (Å²) in [4.78, 5) is 0. The average molecular weight is 331 g/mol. The van der Waals surface area contributed by atoms with Crippen molar-refractivity contribution in [3.63, 3.8) is 0 Å². The molecule has 0 bridgehead atoms. The highest BCUT2D eigenvalue weighted by molar-refractivity contribution is 5.29. The van der Waals surface area contributed by atoms with Crippen LogP contribution < -0.4 is 0 Å². The molecule has 2 heteroatoms. The van der Waals surface area contributed by atoms with Gasteiger partial charge in [0, 0.05) is 12.5 Å². The maximum Gasteiger partial charge on any atom is 0.0638 e. The van der Waals surface area contributed by atoms with Crippen LogP contribution in [0.25, 0.3) is 0 Å². The van der Waals surface area contributed by atoms with Gasteiger partial charge >= 0.3 is 0 Å². The second kappa shape index (κ2) is 4.88. The number of rotatable bonds is 2. The first-order valence-electron chi connectivity index (χ1n) is 10.3. The summed E-state index contributed by atoms with van der Waals surface area (Å²) in [6.07, 6.45) is 13.6. The molecule has 1 spiro atoms. The van der Waals surface area contributed by atoms with Crippen molar-refractivity contribution >= 4 is 0 Å². The van der Waals surface area contributed by atoms with Crippen molar-refractivity contribution in [3.05, 3.63) is 11.6 Å². The lowest BCUT2D eigenvalue weighted by Crippen LogP contribution is -2.56. The van der Waals surface area contributed by atoms with Gasteiger partial charge in [0.25, 0.3) is 0 Å². The van der Waals surface area contributed by atoms with Crippen molar-refractivity contribution in [2.45, 2.75) is 71.3 Å². The number of hydrogen-bond acceptors (Lipinski definition) is 2. The van der Waals surface area contributed by atoms with E-state index in [1.54, 1.807) is 5.57 Å². The van der Waals surface area contributed by atoms with E-state index < -0.39 is 0 Å². The normalized spacial score (nSPS) is 59.7. The molecule has 0 radical (unpaired) electrons. The molecule has 0 aromatic rings. The van der Waals surface area contributed by atoms with Gasteiger partial charge in [0.2, 0.25) is 0 Å². The fourth-order valence-corrected chi connectivity index (χ4v) is 8.87. The molecule has 0 saturated heterocycles. The first-order chi connectivity index (χ1) is 11.5. The molecule has 24 heavy (non-hydrogen) atoms. The minimum atomic E-state index is 0.217. The third-order valence-electron chi connectivity index (χ3n) is 10.0. The molecule has 5 aliphatic rings. The molecule has 0 aromatic carbocycles. The Kier molecular flexibility index (Phi) is 3.23. The Labute approximate surface area is 147 Å². The highest BCUT2D eigenvalue weighted by atomic mass is 16.5. The van der Waals surface area contributed by atoms with Crippen molar-refractivity contribution in [3.8, 4) is 0 Å². The van der Waals surface area contributed by atoms with Gasteiger partial charge < -0.3 is 9.84 Å². The predicted molar refractivity (Wildman–Crippen MR) is 95.5 cm³/mol. The Morgan fingerprint density at radius 3 is 2.71 bits per heavy atom. The molecule has 0 heterocycles. The molecule has 0 aromatic heterocycles. The maximum atomic E-state index is 9.45. The van der Waals surface area contributed by atoms with Gasteiger partial charge in [-0.3, -0.25) is 0 Å². The summed E-state index contributed by atoms with van der Waals surface area (Å²) in [5.74, 6) is 3.55. The predicted octanol–water partition coefficient (Wildman–Crippen LogP) is 4.57. The molecule has 5 fully saturated rings. The van der Waals surface area contributed by atoms with Gasteiger partial charge in [0.05, 0.1) is 12.7 Å². The monoisotopic (exact) mass is 330 g/mol. The molecule has 5 aliphatic carbocycles. The number of fused-ring (bicyclic) bond motifs is 4. The zero-order valence-corrected chi connectivity index (χ0v) is 15.7. The fourth-order valence-electron chi connectivity index (χ4n) is 8.87. The van der Waals surface area contributed by atoms with Crippen LogP contribution in [0, 0.1) is 39.9 Å². The van der Waals surface area contributed by atoms with Crippen molar-refractivity contribution in [2.24, 2.45) is 39.9 Å². The van der Waals surface area contributed by atoms with Crippen LogP contribution in [-0.4, -0.2) is 24.9 Å². The van der Waals surface area contributed by atoms with Gasteiger partial charge in [0.15, 0.2) is 0 Å². The SMILES string of the molecule is CO[C@@H]1C[C@H]2[C@@H]3CC/C(=C/CO)[C@@]3(C)CC[C@@H]2[C@@]2(C)CC[C@@H]3C[C@]312. The van der Waals surface area contributed by atoms with E-state index >= 15 is 0 Å².